The summed E-state index contributed by atoms with van der Waals surface area (Å²) in [6.45, 7) is 1.86. The molecule has 2 amide bonds. The fourth-order valence-electron chi connectivity index (χ4n) is 2.98. The van der Waals surface area contributed by atoms with Gasteiger partial charge in [-0.15, -0.1) is 10.2 Å². The fraction of sp³-hybridized carbons (Fsp3) is 0.438. The van der Waals surface area contributed by atoms with E-state index in [1.54, 1.807) is 23.0 Å². The quantitative estimate of drug-likeness (QED) is 0.909. The maximum atomic E-state index is 13.1. The number of benzene rings is 1. The lowest BCUT2D eigenvalue weighted by molar-refractivity contribution is 0.175. The minimum atomic E-state index is -0.405. The Bertz CT molecular complexity index is 693. The lowest BCUT2D eigenvalue weighted by Crippen LogP contribution is -2.54. The Balaban J connectivity index is 1.68. The van der Waals surface area contributed by atoms with Crippen molar-refractivity contribution in [2.45, 2.75) is 37.8 Å². The van der Waals surface area contributed by atoms with Crippen molar-refractivity contribution in [3.8, 4) is 0 Å². The number of carbonyl (C=O) groups excluding carboxylic acids is 1. The number of aryl methyl sites for hydroxylation is 1. The average Bonchev–Trinajstić information content (AvgIpc) is 2.90. The highest BCUT2D eigenvalue weighted by molar-refractivity contribution is 5.75. The number of urea groups is 1. The van der Waals surface area contributed by atoms with E-state index in [-0.39, 0.29) is 17.9 Å². The zero-order valence-corrected chi connectivity index (χ0v) is 13.2. The predicted molar refractivity (Wildman–Crippen MR) is 83.0 cm³/mol. The van der Waals surface area contributed by atoms with Gasteiger partial charge in [-0.3, -0.25) is 0 Å². The molecule has 1 atom stereocenters. The summed E-state index contributed by atoms with van der Waals surface area (Å²) in [5.74, 6) is 0.410. The minimum absolute atomic E-state index is 0.257. The topological polar surface area (TPSA) is 71.8 Å². The number of nitrogens with zero attached hydrogens (tertiary/aromatic N) is 3. The zero-order chi connectivity index (χ0) is 16.4. The second-order valence-corrected chi connectivity index (χ2v) is 6.06. The summed E-state index contributed by atoms with van der Waals surface area (Å²) in [5.41, 5.74) is 0.531. The van der Waals surface area contributed by atoms with Gasteiger partial charge in [0, 0.05) is 7.05 Å². The number of amides is 2. The summed E-state index contributed by atoms with van der Waals surface area (Å²) in [6, 6.07) is 5.81. The van der Waals surface area contributed by atoms with Crippen LogP contribution in [0.5, 0.6) is 0 Å². The van der Waals surface area contributed by atoms with Crippen molar-refractivity contribution in [3.05, 3.63) is 47.8 Å². The summed E-state index contributed by atoms with van der Waals surface area (Å²) < 4.78 is 14.9. The first-order chi connectivity index (χ1) is 11.0. The van der Waals surface area contributed by atoms with Crippen LogP contribution >= 0.6 is 0 Å². The molecule has 1 aliphatic carbocycles. The van der Waals surface area contributed by atoms with E-state index in [0.29, 0.717) is 5.82 Å². The first-order valence-corrected chi connectivity index (χ1v) is 7.69. The molecule has 0 spiro atoms. The highest BCUT2D eigenvalue weighted by Gasteiger charge is 2.40. The van der Waals surface area contributed by atoms with Gasteiger partial charge in [-0.1, -0.05) is 12.1 Å². The molecule has 2 N–H and O–H groups in total. The molecule has 0 saturated heterocycles. The van der Waals surface area contributed by atoms with Gasteiger partial charge < -0.3 is 15.2 Å². The Kier molecular flexibility index (Phi) is 4.02. The molecule has 0 radical (unpaired) electrons. The standard InChI is InChI=1S/C16H20FN5O/c1-11(14-21-18-10-22(14)2)19-15(23)20-16(8-3-9-16)12-4-6-13(17)7-5-12/h4-7,10-11H,3,8-9H2,1-2H3,(H2,19,20,23). The number of aromatic nitrogens is 3. The number of hydrogen-bond donors (Lipinski definition) is 2. The maximum absolute atomic E-state index is 13.1. The predicted octanol–water partition coefficient (Wildman–Crippen LogP) is 2.39. The van der Waals surface area contributed by atoms with E-state index in [4.69, 9.17) is 0 Å². The molecule has 3 rings (SSSR count). The molecule has 1 heterocycles. The summed E-state index contributed by atoms with van der Waals surface area (Å²) in [5, 5.41) is 13.7. The lowest BCUT2D eigenvalue weighted by atomic mass is 9.72. The molecule has 1 saturated carbocycles. The second kappa shape index (κ2) is 5.98. The lowest BCUT2D eigenvalue weighted by Gasteiger charge is -2.43. The van der Waals surface area contributed by atoms with Crippen LogP contribution in [-0.4, -0.2) is 20.8 Å². The highest BCUT2D eigenvalue weighted by atomic mass is 19.1. The third-order valence-corrected chi connectivity index (χ3v) is 4.44. The number of carbonyl (C=O) groups is 1. The van der Waals surface area contributed by atoms with Gasteiger partial charge in [0.05, 0.1) is 11.6 Å². The third kappa shape index (κ3) is 3.04. The normalized spacial score (nSPS) is 17.2. The van der Waals surface area contributed by atoms with Crippen LogP contribution in [-0.2, 0) is 12.6 Å². The van der Waals surface area contributed by atoms with E-state index in [1.807, 2.05) is 14.0 Å². The number of halogens is 1. The van der Waals surface area contributed by atoms with Crippen LogP contribution in [0.4, 0.5) is 9.18 Å². The molecule has 23 heavy (non-hydrogen) atoms. The summed E-state index contributed by atoms with van der Waals surface area (Å²) in [7, 11) is 1.83. The highest BCUT2D eigenvalue weighted by Crippen LogP contribution is 2.41. The first-order valence-electron chi connectivity index (χ1n) is 7.69. The molecule has 6 nitrogen and oxygen atoms in total. The van der Waals surface area contributed by atoms with Crippen molar-refractivity contribution in [2.75, 3.05) is 0 Å². The van der Waals surface area contributed by atoms with E-state index in [9.17, 15) is 9.18 Å². The van der Waals surface area contributed by atoms with Gasteiger partial charge in [0.1, 0.15) is 12.1 Å². The van der Waals surface area contributed by atoms with E-state index < -0.39 is 5.54 Å². The zero-order valence-electron chi connectivity index (χ0n) is 13.2. The SMILES string of the molecule is CC(NC(=O)NC1(c2ccc(F)cc2)CCC1)c1nncn1C. The fourth-order valence-corrected chi connectivity index (χ4v) is 2.98. The van der Waals surface area contributed by atoms with Crippen LogP contribution in [0, 0.1) is 5.82 Å². The second-order valence-electron chi connectivity index (χ2n) is 6.06. The van der Waals surface area contributed by atoms with Crippen LogP contribution in [0.3, 0.4) is 0 Å². The van der Waals surface area contributed by atoms with Gasteiger partial charge in [0.15, 0.2) is 5.82 Å². The molecule has 1 unspecified atom stereocenters. The molecular weight excluding hydrogens is 297 g/mol. The number of nitrogens with one attached hydrogen (secondary N) is 2. The Morgan fingerprint density at radius 2 is 2.04 bits per heavy atom. The molecule has 122 valence electrons. The van der Waals surface area contributed by atoms with E-state index >= 15 is 0 Å². The van der Waals surface area contributed by atoms with Gasteiger partial charge >= 0.3 is 6.03 Å². The molecular formula is C16H20FN5O. The van der Waals surface area contributed by atoms with E-state index in [1.165, 1.54) is 12.1 Å². The monoisotopic (exact) mass is 317 g/mol. The van der Waals surface area contributed by atoms with Crippen molar-refractivity contribution in [1.29, 1.82) is 0 Å². The smallest absolute Gasteiger partial charge is 0.316 e. The average molecular weight is 317 g/mol. The Morgan fingerprint density at radius 1 is 1.35 bits per heavy atom. The van der Waals surface area contributed by atoms with Gasteiger partial charge in [-0.05, 0) is 43.9 Å². The van der Waals surface area contributed by atoms with Gasteiger partial charge in [-0.2, -0.15) is 0 Å². The van der Waals surface area contributed by atoms with Crippen LogP contribution in [0.2, 0.25) is 0 Å². The number of rotatable bonds is 4. The van der Waals surface area contributed by atoms with Gasteiger partial charge in [0.25, 0.3) is 0 Å². The Labute approximate surface area is 134 Å². The molecule has 0 bridgehead atoms. The van der Waals surface area contributed by atoms with Crippen molar-refractivity contribution in [1.82, 2.24) is 25.4 Å². The summed E-state index contributed by atoms with van der Waals surface area (Å²) >= 11 is 0. The summed E-state index contributed by atoms with van der Waals surface area (Å²) in [6.07, 6.45) is 4.34. The Morgan fingerprint density at radius 3 is 2.57 bits per heavy atom. The summed E-state index contributed by atoms with van der Waals surface area (Å²) in [4.78, 5) is 12.4. The maximum Gasteiger partial charge on any atom is 0.316 e. The molecule has 7 heteroatoms. The third-order valence-electron chi connectivity index (χ3n) is 4.44. The molecule has 1 aliphatic rings. The van der Waals surface area contributed by atoms with Crippen LogP contribution in [0.1, 0.15) is 43.6 Å². The van der Waals surface area contributed by atoms with Gasteiger partial charge in [-0.25, -0.2) is 9.18 Å². The molecule has 0 aliphatic heterocycles. The van der Waals surface area contributed by atoms with Crippen LogP contribution < -0.4 is 10.6 Å². The van der Waals surface area contributed by atoms with Crippen molar-refractivity contribution >= 4 is 6.03 Å². The van der Waals surface area contributed by atoms with Crippen molar-refractivity contribution < 1.29 is 9.18 Å². The first kappa shape index (κ1) is 15.5. The van der Waals surface area contributed by atoms with Crippen molar-refractivity contribution in [2.24, 2.45) is 7.05 Å². The van der Waals surface area contributed by atoms with Crippen molar-refractivity contribution in [3.63, 3.8) is 0 Å². The molecule has 2 aromatic rings. The van der Waals surface area contributed by atoms with Crippen LogP contribution in [0.25, 0.3) is 0 Å². The van der Waals surface area contributed by atoms with Crippen LogP contribution in [0.15, 0.2) is 30.6 Å². The molecule has 1 aromatic carbocycles. The molecule has 1 fully saturated rings. The largest absolute Gasteiger partial charge is 0.329 e. The van der Waals surface area contributed by atoms with Gasteiger partial charge in [0.2, 0.25) is 0 Å². The number of hydrogen-bond acceptors (Lipinski definition) is 3. The van der Waals surface area contributed by atoms with E-state index in [2.05, 4.69) is 20.8 Å². The Hall–Kier alpha value is -2.44. The minimum Gasteiger partial charge on any atom is -0.329 e. The van der Waals surface area contributed by atoms with E-state index in [0.717, 1.165) is 24.8 Å². The molecule has 1 aromatic heterocycles.